The molecular formula is C21H24BrN3O4. The maximum Gasteiger partial charge on any atom is 0.341 e. The molecular weight excluding hydrogens is 438 g/mol. The fraction of sp³-hybridized carbons (Fsp3) is 0.333. The van der Waals surface area contributed by atoms with E-state index in [1.165, 1.54) is 7.11 Å². The van der Waals surface area contributed by atoms with Gasteiger partial charge < -0.3 is 15.4 Å². The fourth-order valence-electron chi connectivity index (χ4n) is 2.70. The van der Waals surface area contributed by atoms with Gasteiger partial charge in [0.05, 0.1) is 23.9 Å². The minimum Gasteiger partial charge on any atom is -0.465 e. The number of aryl methyl sites for hydroxylation is 2. The van der Waals surface area contributed by atoms with Crippen molar-refractivity contribution in [1.29, 1.82) is 0 Å². The number of pyridine rings is 1. The molecule has 0 aliphatic carbocycles. The lowest BCUT2D eigenvalue weighted by Crippen LogP contribution is -2.29. The lowest BCUT2D eigenvalue weighted by atomic mass is 10.1. The lowest BCUT2D eigenvalue weighted by Gasteiger charge is -2.15. The summed E-state index contributed by atoms with van der Waals surface area (Å²) < 4.78 is 5.33. The molecule has 7 nitrogen and oxygen atoms in total. The van der Waals surface area contributed by atoms with Crippen LogP contribution < -0.4 is 10.6 Å². The molecule has 0 unspecified atom stereocenters. The fourth-order valence-corrected chi connectivity index (χ4v) is 3.19. The Balaban J connectivity index is 2.41. The number of nitrogens with one attached hydrogen (secondary N) is 2. The number of carbonyl (C=O) groups is 3. The van der Waals surface area contributed by atoms with Crippen LogP contribution in [0.15, 0.2) is 28.7 Å². The number of ether oxygens (including phenoxy) is 1. The van der Waals surface area contributed by atoms with Crippen LogP contribution in [0.1, 0.15) is 62.2 Å². The van der Waals surface area contributed by atoms with E-state index in [-0.39, 0.29) is 16.8 Å². The molecule has 0 saturated heterocycles. The van der Waals surface area contributed by atoms with Crippen LogP contribution >= 0.6 is 15.9 Å². The van der Waals surface area contributed by atoms with Gasteiger partial charge >= 0.3 is 5.97 Å². The smallest absolute Gasteiger partial charge is 0.341 e. The van der Waals surface area contributed by atoms with Crippen molar-refractivity contribution in [1.82, 2.24) is 10.3 Å². The largest absolute Gasteiger partial charge is 0.465 e. The standard InChI is InChI=1S/C21H24BrN3O4/c1-5-6-11-23-20(27)18-14(9-8-13(3)24-18)19(26)25-17-12(2)7-10-15(22)16(17)21(28)29-4/h7-10H,5-6,11H2,1-4H3,(H,23,27)(H,25,26). The van der Waals surface area contributed by atoms with Crippen molar-refractivity contribution in [3.05, 3.63) is 56.8 Å². The van der Waals surface area contributed by atoms with E-state index in [0.717, 1.165) is 12.8 Å². The van der Waals surface area contributed by atoms with Crippen LogP contribution in [0.5, 0.6) is 0 Å². The van der Waals surface area contributed by atoms with Gasteiger partial charge in [0.2, 0.25) is 0 Å². The van der Waals surface area contributed by atoms with Crippen LogP contribution in [0, 0.1) is 13.8 Å². The average Bonchev–Trinajstić information content (AvgIpc) is 2.70. The Morgan fingerprint density at radius 3 is 2.48 bits per heavy atom. The molecule has 154 valence electrons. The number of methoxy groups -OCH3 is 1. The van der Waals surface area contributed by atoms with E-state index < -0.39 is 17.8 Å². The Bertz CT molecular complexity index is 944. The number of rotatable bonds is 7. The summed E-state index contributed by atoms with van der Waals surface area (Å²) in [6, 6.07) is 6.68. The van der Waals surface area contributed by atoms with E-state index in [0.29, 0.717) is 28.0 Å². The Kier molecular flexibility index (Phi) is 7.90. The van der Waals surface area contributed by atoms with E-state index in [2.05, 4.69) is 31.5 Å². The first-order valence-corrected chi connectivity index (χ1v) is 10.0. The number of amides is 2. The summed E-state index contributed by atoms with van der Waals surface area (Å²) in [5.41, 5.74) is 1.99. The van der Waals surface area contributed by atoms with E-state index in [1.54, 1.807) is 38.1 Å². The molecule has 2 amide bonds. The molecule has 0 radical (unpaired) electrons. The number of unbranched alkanes of at least 4 members (excludes halogenated alkanes) is 1. The Morgan fingerprint density at radius 1 is 1.10 bits per heavy atom. The lowest BCUT2D eigenvalue weighted by molar-refractivity contribution is 0.0600. The number of anilines is 1. The summed E-state index contributed by atoms with van der Waals surface area (Å²) in [5.74, 6) is -1.54. The summed E-state index contributed by atoms with van der Waals surface area (Å²) in [5, 5.41) is 5.53. The molecule has 2 aromatic rings. The first kappa shape index (κ1) is 22.5. The van der Waals surface area contributed by atoms with Crippen molar-refractivity contribution in [2.24, 2.45) is 0 Å². The van der Waals surface area contributed by atoms with Crippen LogP contribution in [0.25, 0.3) is 0 Å². The second-order valence-electron chi connectivity index (χ2n) is 6.52. The van der Waals surface area contributed by atoms with Crippen LogP contribution in [-0.4, -0.2) is 36.4 Å². The molecule has 0 saturated carbocycles. The molecule has 0 spiro atoms. The minimum atomic E-state index is -0.588. The van der Waals surface area contributed by atoms with Gasteiger partial charge in [-0.2, -0.15) is 0 Å². The van der Waals surface area contributed by atoms with Crippen molar-refractivity contribution in [3.63, 3.8) is 0 Å². The highest BCUT2D eigenvalue weighted by Gasteiger charge is 2.23. The van der Waals surface area contributed by atoms with Crippen molar-refractivity contribution >= 4 is 39.4 Å². The van der Waals surface area contributed by atoms with Crippen LogP contribution in [-0.2, 0) is 4.74 Å². The van der Waals surface area contributed by atoms with Crippen molar-refractivity contribution in [2.45, 2.75) is 33.6 Å². The Labute approximate surface area is 178 Å². The van der Waals surface area contributed by atoms with Crippen LogP contribution in [0.4, 0.5) is 5.69 Å². The van der Waals surface area contributed by atoms with Crippen molar-refractivity contribution in [2.75, 3.05) is 19.0 Å². The Morgan fingerprint density at radius 2 is 1.83 bits per heavy atom. The number of esters is 1. The molecule has 8 heteroatoms. The number of aromatic nitrogens is 1. The number of hydrogen-bond donors (Lipinski definition) is 2. The summed E-state index contributed by atoms with van der Waals surface area (Å²) in [6.07, 6.45) is 1.77. The van der Waals surface area contributed by atoms with Gasteiger partial charge in [-0.15, -0.1) is 0 Å². The first-order valence-electron chi connectivity index (χ1n) is 9.24. The second kappa shape index (κ2) is 10.2. The zero-order valence-corrected chi connectivity index (χ0v) is 18.5. The second-order valence-corrected chi connectivity index (χ2v) is 7.37. The maximum absolute atomic E-state index is 13.0. The van der Waals surface area contributed by atoms with Gasteiger partial charge in [0.15, 0.2) is 0 Å². The van der Waals surface area contributed by atoms with Gasteiger partial charge in [0, 0.05) is 16.7 Å². The van der Waals surface area contributed by atoms with Crippen LogP contribution in [0.3, 0.4) is 0 Å². The molecule has 0 aliphatic heterocycles. The SMILES string of the molecule is CCCCNC(=O)c1nc(C)ccc1C(=O)Nc1c(C)ccc(Br)c1C(=O)OC. The highest BCUT2D eigenvalue weighted by molar-refractivity contribution is 9.10. The number of nitrogens with zero attached hydrogens (tertiary/aromatic N) is 1. The van der Waals surface area contributed by atoms with Gasteiger partial charge in [-0.1, -0.05) is 19.4 Å². The summed E-state index contributed by atoms with van der Waals surface area (Å²) in [7, 11) is 1.27. The molecule has 2 N–H and O–H groups in total. The van der Waals surface area contributed by atoms with Gasteiger partial charge in [0.1, 0.15) is 5.69 Å². The third kappa shape index (κ3) is 5.41. The molecule has 0 aliphatic rings. The maximum atomic E-state index is 13.0. The predicted octanol–water partition coefficient (Wildman–Crippen LogP) is 4.03. The number of carbonyl (C=O) groups excluding carboxylic acids is 3. The first-order chi connectivity index (χ1) is 13.8. The highest BCUT2D eigenvalue weighted by atomic mass is 79.9. The van der Waals surface area contributed by atoms with E-state index >= 15 is 0 Å². The summed E-state index contributed by atoms with van der Waals surface area (Å²) in [4.78, 5) is 42.0. The average molecular weight is 462 g/mol. The zero-order valence-electron chi connectivity index (χ0n) is 16.9. The predicted molar refractivity (Wildman–Crippen MR) is 114 cm³/mol. The number of benzene rings is 1. The monoisotopic (exact) mass is 461 g/mol. The molecule has 0 bridgehead atoms. The molecule has 29 heavy (non-hydrogen) atoms. The molecule has 1 aromatic heterocycles. The molecule has 1 heterocycles. The molecule has 2 rings (SSSR count). The molecule has 0 atom stereocenters. The van der Waals surface area contributed by atoms with Gasteiger partial charge in [-0.3, -0.25) is 9.59 Å². The molecule has 1 aromatic carbocycles. The van der Waals surface area contributed by atoms with Crippen molar-refractivity contribution in [3.8, 4) is 0 Å². The van der Waals surface area contributed by atoms with Crippen LogP contribution in [0.2, 0.25) is 0 Å². The summed E-state index contributed by atoms with van der Waals surface area (Å²) >= 11 is 3.32. The Hall–Kier alpha value is -2.74. The van der Waals surface area contributed by atoms with E-state index in [1.807, 2.05) is 6.92 Å². The van der Waals surface area contributed by atoms with E-state index in [4.69, 9.17) is 4.74 Å². The van der Waals surface area contributed by atoms with Crippen molar-refractivity contribution < 1.29 is 19.1 Å². The highest BCUT2D eigenvalue weighted by Crippen LogP contribution is 2.29. The minimum absolute atomic E-state index is 0.0471. The zero-order chi connectivity index (χ0) is 21.6. The number of halogens is 1. The normalized spacial score (nSPS) is 10.4. The van der Waals surface area contributed by atoms with Gasteiger partial charge in [-0.05, 0) is 60.0 Å². The topological polar surface area (TPSA) is 97.4 Å². The van der Waals surface area contributed by atoms with Gasteiger partial charge in [-0.25, -0.2) is 9.78 Å². The van der Waals surface area contributed by atoms with E-state index in [9.17, 15) is 14.4 Å². The number of hydrogen-bond acceptors (Lipinski definition) is 5. The third-order valence-electron chi connectivity index (χ3n) is 4.30. The quantitative estimate of drug-likeness (QED) is 0.479. The molecule has 0 fully saturated rings. The summed E-state index contributed by atoms with van der Waals surface area (Å²) in [6.45, 7) is 6.04. The van der Waals surface area contributed by atoms with Gasteiger partial charge in [0.25, 0.3) is 11.8 Å². The third-order valence-corrected chi connectivity index (χ3v) is 4.96.